The topological polar surface area (TPSA) is 115 Å². The molecule has 1 rings (SSSR count). The van der Waals surface area contributed by atoms with Crippen molar-refractivity contribution in [1.29, 1.82) is 5.26 Å². The lowest BCUT2D eigenvalue weighted by Crippen LogP contribution is -2.19. The Kier molecular flexibility index (Phi) is 3.03. The van der Waals surface area contributed by atoms with E-state index in [4.69, 9.17) is 11.0 Å². The van der Waals surface area contributed by atoms with E-state index in [0.717, 1.165) is 0 Å². The lowest BCUT2D eigenvalue weighted by molar-refractivity contribution is -0.389. The van der Waals surface area contributed by atoms with Gasteiger partial charge < -0.3 is 20.6 Å². The summed E-state index contributed by atoms with van der Waals surface area (Å²) >= 11 is 0. The molecule has 0 aliphatic heterocycles. The molecule has 0 unspecified atom stereocenters. The molecule has 0 aliphatic carbocycles. The van der Waals surface area contributed by atoms with Gasteiger partial charge >= 0.3 is 18.1 Å². The minimum atomic E-state index is -5.12. The van der Waals surface area contributed by atoms with Crippen LogP contribution in [0.15, 0.2) is 6.07 Å². The SMILES string of the molecule is N#Cc1c(N)cc([N+](=O)[O-])nc1OC(F)(F)F. The zero-order chi connectivity index (χ0) is 13.2. The Labute approximate surface area is 91.4 Å². The molecule has 0 aliphatic rings. The van der Waals surface area contributed by atoms with Crippen LogP contribution in [0.25, 0.3) is 0 Å². The number of rotatable bonds is 2. The number of ether oxygens (including phenoxy) is 1. The highest BCUT2D eigenvalue weighted by atomic mass is 19.4. The van der Waals surface area contributed by atoms with Gasteiger partial charge in [0, 0.05) is 4.98 Å². The fourth-order valence-electron chi connectivity index (χ4n) is 0.916. The van der Waals surface area contributed by atoms with Gasteiger partial charge in [-0.05, 0) is 4.92 Å². The van der Waals surface area contributed by atoms with E-state index in [2.05, 4.69) is 9.72 Å². The molecule has 90 valence electrons. The van der Waals surface area contributed by atoms with Crippen molar-refractivity contribution in [2.75, 3.05) is 5.73 Å². The molecule has 0 amide bonds. The number of nitro groups is 1. The molecular weight excluding hydrogens is 245 g/mol. The van der Waals surface area contributed by atoms with Crippen molar-refractivity contribution in [2.24, 2.45) is 0 Å². The third kappa shape index (κ3) is 2.94. The highest BCUT2D eigenvalue weighted by Crippen LogP contribution is 2.30. The van der Waals surface area contributed by atoms with E-state index >= 15 is 0 Å². The Morgan fingerprint density at radius 2 is 2.18 bits per heavy atom. The fraction of sp³-hybridized carbons (Fsp3) is 0.143. The number of aromatic nitrogens is 1. The number of nitrogens with two attached hydrogens (primary N) is 1. The number of alkyl halides is 3. The zero-order valence-corrected chi connectivity index (χ0v) is 7.85. The molecule has 7 nitrogen and oxygen atoms in total. The van der Waals surface area contributed by atoms with Crippen molar-refractivity contribution in [3.63, 3.8) is 0 Å². The fourth-order valence-corrected chi connectivity index (χ4v) is 0.916. The number of nitriles is 1. The molecule has 0 aromatic carbocycles. The van der Waals surface area contributed by atoms with Crippen LogP contribution >= 0.6 is 0 Å². The number of nitrogens with zero attached hydrogens (tertiary/aromatic N) is 3. The molecule has 0 saturated heterocycles. The number of pyridine rings is 1. The molecule has 0 radical (unpaired) electrons. The predicted molar refractivity (Wildman–Crippen MR) is 46.7 cm³/mol. The summed E-state index contributed by atoms with van der Waals surface area (Å²) in [5.74, 6) is -2.19. The molecule has 17 heavy (non-hydrogen) atoms. The summed E-state index contributed by atoms with van der Waals surface area (Å²) in [7, 11) is 0. The first-order chi connectivity index (χ1) is 7.74. The van der Waals surface area contributed by atoms with E-state index in [0.29, 0.717) is 6.07 Å². The largest absolute Gasteiger partial charge is 0.575 e. The van der Waals surface area contributed by atoms with Crippen LogP contribution in [0.2, 0.25) is 0 Å². The Morgan fingerprint density at radius 3 is 2.59 bits per heavy atom. The number of nitrogen functional groups attached to an aromatic ring is 1. The maximum atomic E-state index is 11.9. The summed E-state index contributed by atoms with van der Waals surface area (Å²) in [6, 6.07) is 1.99. The standard InChI is InChI=1S/C7H3F3N4O3/c8-7(9,10)17-6-3(2-11)4(12)1-5(13-6)14(15)16/h1H,(H2,12,13). The number of hydrogen-bond donors (Lipinski definition) is 1. The summed E-state index contributed by atoms with van der Waals surface area (Å²) in [6.07, 6.45) is -5.12. The Hall–Kier alpha value is -2.57. The van der Waals surface area contributed by atoms with Gasteiger partial charge in [0.25, 0.3) is 0 Å². The molecule has 1 aromatic rings. The summed E-state index contributed by atoms with van der Waals surface area (Å²) in [5.41, 5.74) is 3.94. The van der Waals surface area contributed by atoms with Crippen LogP contribution in [0, 0.1) is 21.4 Å². The van der Waals surface area contributed by atoms with Gasteiger partial charge in [-0.25, -0.2) is 0 Å². The smallest absolute Gasteiger partial charge is 0.397 e. The third-order valence-electron chi connectivity index (χ3n) is 1.51. The van der Waals surface area contributed by atoms with Gasteiger partial charge in [0.2, 0.25) is 0 Å². The first kappa shape index (κ1) is 12.5. The van der Waals surface area contributed by atoms with Crippen molar-refractivity contribution in [3.8, 4) is 11.9 Å². The van der Waals surface area contributed by atoms with Crippen molar-refractivity contribution in [1.82, 2.24) is 4.98 Å². The summed E-state index contributed by atoms with van der Waals surface area (Å²) in [6.45, 7) is 0. The summed E-state index contributed by atoms with van der Waals surface area (Å²) < 4.78 is 39.2. The van der Waals surface area contributed by atoms with E-state index in [1.165, 1.54) is 6.07 Å². The van der Waals surface area contributed by atoms with Crippen LogP contribution in [-0.2, 0) is 0 Å². The summed E-state index contributed by atoms with van der Waals surface area (Å²) in [5, 5.41) is 18.9. The first-order valence-electron chi connectivity index (χ1n) is 3.85. The van der Waals surface area contributed by atoms with E-state index in [1.807, 2.05) is 0 Å². The molecule has 0 atom stereocenters. The lowest BCUT2D eigenvalue weighted by atomic mass is 10.2. The minimum absolute atomic E-state index is 0.520. The minimum Gasteiger partial charge on any atom is -0.397 e. The molecular formula is C7H3F3N4O3. The van der Waals surface area contributed by atoms with Gasteiger partial charge in [0.15, 0.2) is 5.56 Å². The lowest BCUT2D eigenvalue weighted by Gasteiger charge is -2.07. The molecule has 0 saturated carbocycles. The van der Waals surface area contributed by atoms with Crippen molar-refractivity contribution >= 4 is 11.5 Å². The second-order valence-corrected chi connectivity index (χ2v) is 2.67. The van der Waals surface area contributed by atoms with Gasteiger partial charge in [-0.1, -0.05) is 0 Å². The Bertz CT molecular complexity index is 508. The van der Waals surface area contributed by atoms with Crippen molar-refractivity contribution in [2.45, 2.75) is 6.36 Å². The van der Waals surface area contributed by atoms with Crippen LogP contribution in [0.4, 0.5) is 24.7 Å². The Morgan fingerprint density at radius 1 is 1.59 bits per heavy atom. The van der Waals surface area contributed by atoms with Crippen molar-refractivity contribution < 1.29 is 22.8 Å². The zero-order valence-electron chi connectivity index (χ0n) is 7.85. The van der Waals surface area contributed by atoms with Crippen LogP contribution in [0.3, 0.4) is 0 Å². The highest BCUT2D eigenvalue weighted by Gasteiger charge is 2.36. The van der Waals surface area contributed by atoms with Gasteiger partial charge in [0.1, 0.15) is 6.07 Å². The number of anilines is 1. The molecule has 0 bridgehead atoms. The Balaban J connectivity index is 3.35. The van der Waals surface area contributed by atoms with Gasteiger partial charge in [-0.2, -0.15) is 5.26 Å². The van der Waals surface area contributed by atoms with E-state index < -0.39 is 34.2 Å². The number of halogens is 3. The summed E-state index contributed by atoms with van der Waals surface area (Å²) in [4.78, 5) is 12.2. The average Bonchev–Trinajstić information content (AvgIpc) is 2.14. The molecule has 1 heterocycles. The maximum Gasteiger partial charge on any atom is 0.575 e. The van der Waals surface area contributed by atoms with Crippen LogP contribution in [0.1, 0.15) is 5.56 Å². The normalized spacial score (nSPS) is 10.7. The van der Waals surface area contributed by atoms with E-state index in [9.17, 15) is 23.3 Å². The van der Waals surface area contributed by atoms with Gasteiger partial charge in [-0.3, -0.25) is 0 Å². The first-order valence-corrected chi connectivity index (χ1v) is 3.85. The second-order valence-electron chi connectivity index (χ2n) is 2.67. The average molecular weight is 248 g/mol. The van der Waals surface area contributed by atoms with E-state index in [-0.39, 0.29) is 0 Å². The molecule has 2 N–H and O–H groups in total. The van der Waals surface area contributed by atoms with Crippen LogP contribution < -0.4 is 10.5 Å². The maximum absolute atomic E-state index is 11.9. The second kappa shape index (κ2) is 4.12. The number of hydrogen-bond acceptors (Lipinski definition) is 6. The van der Waals surface area contributed by atoms with Crippen molar-refractivity contribution in [3.05, 3.63) is 21.7 Å². The molecule has 0 fully saturated rings. The van der Waals surface area contributed by atoms with Crippen LogP contribution in [0.5, 0.6) is 5.88 Å². The monoisotopic (exact) mass is 248 g/mol. The van der Waals surface area contributed by atoms with Crippen LogP contribution in [-0.4, -0.2) is 16.3 Å². The molecule has 0 spiro atoms. The quantitative estimate of drug-likeness (QED) is 0.623. The molecule has 1 aromatic heterocycles. The van der Waals surface area contributed by atoms with Gasteiger partial charge in [0.05, 0.1) is 11.8 Å². The van der Waals surface area contributed by atoms with E-state index in [1.54, 1.807) is 0 Å². The molecule has 10 heteroatoms. The predicted octanol–water partition coefficient (Wildman–Crippen LogP) is 1.34. The third-order valence-corrected chi connectivity index (χ3v) is 1.51. The van der Waals surface area contributed by atoms with Gasteiger partial charge in [-0.15, -0.1) is 13.2 Å². The highest BCUT2D eigenvalue weighted by molar-refractivity contribution is 5.61.